The molecule has 1 aromatic carbocycles. The lowest BCUT2D eigenvalue weighted by molar-refractivity contribution is 0.480. The van der Waals surface area contributed by atoms with Crippen LogP contribution in [0.15, 0.2) is 24.3 Å². The molecule has 0 aliphatic carbocycles. The first kappa shape index (κ1) is 7.50. The Bertz CT molecular complexity index is 394. The highest BCUT2D eigenvalue weighted by atomic mass is 35.5. The molecule has 62 valence electrons. The van der Waals surface area contributed by atoms with Crippen LogP contribution in [-0.2, 0) is 7.05 Å². The molecule has 1 N–H and O–H groups in total. The topological polar surface area (TPSA) is 25.2 Å². The Morgan fingerprint density at radius 3 is 2.67 bits per heavy atom. The normalized spacial score (nSPS) is 10.8. The number of para-hydroxylation sites is 1. The Morgan fingerprint density at radius 1 is 1.33 bits per heavy atom. The zero-order valence-corrected chi connectivity index (χ0v) is 7.34. The van der Waals surface area contributed by atoms with Crippen molar-refractivity contribution < 1.29 is 5.11 Å². The number of aromatic hydroxyl groups is 1. The molecular formula is C9H8ClNO. The molecule has 12 heavy (non-hydrogen) atoms. The number of halogens is 1. The molecule has 1 heterocycles. The third-order valence-corrected chi connectivity index (χ3v) is 2.44. The van der Waals surface area contributed by atoms with Gasteiger partial charge in [-0.2, -0.15) is 0 Å². The second-order valence-electron chi connectivity index (χ2n) is 2.72. The summed E-state index contributed by atoms with van der Waals surface area (Å²) in [6.45, 7) is 0. The fraction of sp³-hybridized carbons (Fsp3) is 0.111. The lowest BCUT2D eigenvalue weighted by Gasteiger charge is -1.94. The van der Waals surface area contributed by atoms with Gasteiger partial charge in [0.15, 0.2) is 10.9 Å². The zero-order valence-electron chi connectivity index (χ0n) is 6.58. The Kier molecular flexibility index (Phi) is 1.51. The maximum absolute atomic E-state index is 9.53. The van der Waals surface area contributed by atoms with Crippen molar-refractivity contribution in [2.24, 2.45) is 7.05 Å². The van der Waals surface area contributed by atoms with Crippen LogP contribution in [0.1, 0.15) is 0 Å². The largest absolute Gasteiger partial charge is 0.504 e. The van der Waals surface area contributed by atoms with Gasteiger partial charge in [-0.1, -0.05) is 23.7 Å². The first-order valence-corrected chi connectivity index (χ1v) is 4.01. The molecule has 2 nitrogen and oxygen atoms in total. The standard InChI is InChI=1S/C9H8ClNO/c1-11-7-5-3-2-4-6(7)8(12)9(11)10/h2-5,12H,1H3. The van der Waals surface area contributed by atoms with Gasteiger partial charge in [-0.3, -0.25) is 0 Å². The van der Waals surface area contributed by atoms with Gasteiger partial charge in [0, 0.05) is 12.4 Å². The van der Waals surface area contributed by atoms with E-state index in [2.05, 4.69) is 0 Å². The van der Waals surface area contributed by atoms with E-state index >= 15 is 0 Å². The van der Waals surface area contributed by atoms with Crippen molar-refractivity contribution in [3.63, 3.8) is 0 Å². The Hall–Kier alpha value is -1.15. The fourth-order valence-electron chi connectivity index (χ4n) is 1.34. The summed E-state index contributed by atoms with van der Waals surface area (Å²) in [5.41, 5.74) is 0.944. The smallest absolute Gasteiger partial charge is 0.160 e. The molecule has 0 fully saturated rings. The number of hydrogen-bond acceptors (Lipinski definition) is 1. The third kappa shape index (κ3) is 0.816. The van der Waals surface area contributed by atoms with Crippen LogP contribution in [-0.4, -0.2) is 9.67 Å². The third-order valence-electron chi connectivity index (χ3n) is 2.01. The lowest BCUT2D eigenvalue weighted by Crippen LogP contribution is -1.84. The van der Waals surface area contributed by atoms with Crippen molar-refractivity contribution >= 4 is 22.5 Å². The molecule has 2 aromatic rings. The van der Waals surface area contributed by atoms with Crippen LogP contribution in [0.3, 0.4) is 0 Å². The maximum Gasteiger partial charge on any atom is 0.160 e. The molecule has 0 amide bonds. The van der Waals surface area contributed by atoms with Crippen LogP contribution >= 0.6 is 11.6 Å². The van der Waals surface area contributed by atoms with Gasteiger partial charge in [0.25, 0.3) is 0 Å². The highest BCUT2D eigenvalue weighted by Gasteiger charge is 2.10. The van der Waals surface area contributed by atoms with Gasteiger partial charge in [-0.15, -0.1) is 0 Å². The second kappa shape index (κ2) is 2.42. The molecule has 0 bridgehead atoms. The molecule has 0 atom stereocenters. The molecule has 0 aliphatic rings. The fourth-order valence-corrected chi connectivity index (χ4v) is 1.53. The number of aryl methyl sites for hydroxylation is 1. The molecule has 0 saturated heterocycles. The monoisotopic (exact) mass is 181 g/mol. The minimum atomic E-state index is 0.162. The number of fused-ring (bicyclic) bond motifs is 1. The number of aromatic nitrogens is 1. The van der Waals surface area contributed by atoms with Crippen LogP contribution in [0.2, 0.25) is 5.15 Å². The summed E-state index contributed by atoms with van der Waals surface area (Å²) in [6, 6.07) is 7.55. The van der Waals surface area contributed by atoms with E-state index in [1.807, 2.05) is 31.3 Å². The zero-order chi connectivity index (χ0) is 8.72. The van der Waals surface area contributed by atoms with Crippen LogP contribution in [0, 0.1) is 0 Å². The maximum atomic E-state index is 9.53. The SMILES string of the molecule is Cn1c(Cl)c(O)c2ccccc21. The summed E-state index contributed by atoms with van der Waals surface area (Å²) >= 11 is 5.83. The van der Waals surface area contributed by atoms with E-state index in [9.17, 15) is 5.11 Å². The van der Waals surface area contributed by atoms with Crippen molar-refractivity contribution in [2.75, 3.05) is 0 Å². The van der Waals surface area contributed by atoms with E-state index in [0.29, 0.717) is 5.15 Å². The van der Waals surface area contributed by atoms with Crippen molar-refractivity contribution in [3.05, 3.63) is 29.4 Å². The molecular weight excluding hydrogens is 174 g/mol. The van der Waals surface area contributed by atoms with Gasteiger partial charge < -0.3 is 9.67 Å². The summed E-state index contributed by atoms with van der Waals surface area (Å²) in [5, 5.41) is 10.7. The molecule has 3 heteroatoms. The van der Waals surface area contributed by atoms with Gasteiger partial charge in [0.1, 0.15) is 0 Å². The minimum Gasteiger partial charge on any atom is -0.504 e. The van der Waals surface area contributed by atoms with E-state index in [1.54, 1.807) is 4.57 Å². The van der Waals surface area contributed by atoms with E-state index in [0.717, 1.165) is 10.9 Å². The van der Waals surface area contributed by atoms with Gasteiger partial charge in [-0.25, -0.2) is 0 Å². The first-order valence-electron chi connectivity index (χ1n) is 3.63. The van der Waals surface area contributed by atoms with Crippen LogP contribution in [0.4, 0.5) is 0 Å². The molecule has 2 rings (SSSR count). The summed E-state index contributed by atoms with van der Waals surface area (Å²) < 4.78 is 1.76. The van der Waals surface area contributed by atoms with Crippen molar-refractivity contribution in [1.82, 2.24) is 4.57 Å². The second-order valence-corrected chi connectivity index (χ2v) is 3.07. The summed E-state index contributed by atoms with van der Waals surface area (Å²) in [6.07, 6.45) is 0. The van der Waals surface area contributed by atoms with E-state index in [-0.39, 0.29) is 5.75 Å². The predicted molar refractivity (Wildman–Crippen MR) is 49.6 cm³/mol. The lowest BCUT2D eigenvalue weighted by atomic mass is 10.2. The van der Waals surface area contributed by atoms with E-state index in [4.69, 9.17) is 11.6 Å². The van der Waals surface area contributed by atoms with Crippen molar-refractivity contribution in [2.45, 2.75) is 0 Å². The first-order chi connectivity index (χ1) is 5.72. The Labute approximate surface area is 75.0 Å². The number of benzene rings is 1. The molecule has 0 unspecified atom stereocenters. The number of rotatable bonds is 0. The highest BCUT2D eigenvalue weighted by Crippen LogP contribution is 2.34. The molecule has 0 radical (unpaired) electrons. The molecule has 1 aromatic heterocycles. The van der Waals surface area contributed by atoms with E-state index in [1.165, 1.54) is 0 Å². The Balaban J connectivity index is 2.99. The summed E-state index contributed by atoms with van der Waals surface area (Å²) in [7, 11) is 1.82. The summed E-state index contributed by atoms with van der Waals surface area (Å²) in [5.74, 6) is 0.162. The average Bonchev–Trinajstić information content (AvgIpc) is 2.33. The average molecular weight is 182 g/mol. The Morgan fingerprint density at radius 2 is 2.00 bits per heavy atom. The number of hydrogen-bond donors (Lipinski definition) is 1. The van der Waals surface area contributed by atoms with Crippen LogP contribution < -0.4 is 0 Å². The van der Waals surface area contributed by atoms with Gasteiger partial charge in [0.05, 0.1) is 5.52 Å². The predicted octanol–water partition coefficient (Wildman–Crippen LogP) is 2.54. The van der Waals surface area contributed by atoms with Gasteiger partial charge in [-0.05, 0) is 12.1 Å². The quantitative estimate of drug-likeness (QED) is 0.664. The number of nitrogens with zero attached hydrogens (tertiary/aromatic N) is 1. The van der Waals surface area contributed by atoms with Crippen LogP contribution in [0.25, 0.3) is 10.9 Å². The van der Waals surface area contributed by atoms with Gasteiger partial charge in [0.2, 0.25) is 0 Å². The highest BCUT2D eigenvalue weighted by molar-refractivity contribution is 6.32. The summed E-state index contributed by atoms with van der Waals surface area (Å²) in [4.78, 5) is 0. The van der Waals surface area contributed by atoms with Crippen LogP contribution in [0.5, 0.6) is 5.75 Å². The minimum absolute atomic E-state index is 0.162. The van der Waals surface area contributed by atoms with E-state index < -0.39 is 0 Å². The molecule has 0 saturated carbocycles. The van der Waals surface area contributed by atoms with Gasteiger partial charge >= 0.3 is 0 Å². The van der Waals surface area contributed by atoms with Crippen molar-refractivity contribution in [3.8, 4) is 5.75 Å². The molecule has 0 aliphatic heterocycles. The molecule has 0 spiro atoms. The van der Waals surface area contributed by atoms with Crippen molar-refractivity contribution in [1.29, 1.82) is 0 Å².